The highest BCUT2D eigenvalue weighted by Gasteiger charge is 2.28. The van der Waals surface area contributed by atoms with Gasteiger partial charge >= 0.3 is 0 Å². The van der Waals surface area contributed by atoms with Crippen molar-refractivity contribution in [2.45, 2.75) is 37.1 Å². The van der Waals surface area contributed by atoms with Crippen LogP contribution in [0, 0.1) is 0 Å². The van der Waals surface area contributed by atoms with E-state index in [9.17, 15) is 18.0 Å². The standard InChI is InChI=1S/C14H19N3O4S/c1-10(18)15-8-7-14(19)16-12-3-2-4-13(9-12)22(20,21)17-11-5-6-11/h2-4,9,11,17H,5-8H2,1H3,(H,15,18)(H,16,19). The van der Waals surface area contributed by atoms with E-state index in [2.05, 4.69) is 15.4 Å². The summed E-state index contributed by atoms with van der Waals surface area (Å²) in [5.74, 6) is -0.495. The van der Waals surface area contributed by atoms with E-state index in [1.165, 1.54) is 19.1 Å². The van der Waals surface area contributed by atoms with Crippen LogP contribution in [0.2, 0.25) is 0 Å². The molecule has 1 saturated carbocycles. The number of nitrogens with one attached hydrogen (secondary N) is 3. The van der Waals surface area contributed by atoms with Crippen molar-refractivity contribution in [1.82, 2.24) is 10.0 Å². The molecule has 1 fully saturated rings. The normalized spacial score (nSPS) is 14.4. The number of rotatable bonds is 7. The predicted octanol–water partition coefficient (Wildman–Crippen LogP) is 0.592. The van der Waals surface area contributed by atoms with Gasteiger partial charge in [-0.15, -0.1) is 0 Å². The number of carbonyl (C=O) groups is 2. The summed E-state index contributed by atoms with van der Waals surface area (Å²) < 4.78 is 26.8. The molecule has 3 N–H and O–H groups in total. The number of carbonyl (C=O) groups excluding carboxylic acids is 2. The molecule has 22 heavy (non-hydrogen) atoms. The zero-order valence-corrected chi connectivity index (χ0v) is 13.1. The summed E-state index contributed by atoms with van der Waals surface area (Å²) in [6.07, 6.45) is 1.84. The van der Waals surface area contributed by atoms with Crippen molar-refractivity contribution in [3.05, 3.63) is 24.3 Å². The Labute approximate surface area is 129 Å². The van der Waals surface area contributed by atoms with Crippen molar-refractivity contribution in [1.29, 1.82) is 0 Å². The van der Waals surface area contributed by atoms with Crippen molar-refractivity contribution in [2.24, 2.45) is 0 Å². The Morgan fingerprint density at radius 3 is 2.64 bits per heavy atom. The summed E-state index contributed by atoms with van der Waals surface area (Å²) in [7, 11) is -3.54. The van der Waals surface area contributed by atoms with Crippen LogP contribution in [0.4, 0.5) is 5.69 Å². The molecule has 0 heterocycles. The molecule has 120 valence electrons. The first-order valence-corrected chi connectivity index (χ1v) is 8.52. The molecule has 1 aliphatic carbocycles. The predicted molar refractivity (Wildman–Crippen MR) is 81.7 cm³/mol. The maximum atomic E-state index is 12.1. The number of anilines is 1. The minimum atomic E-state index is -3.54. The number of hydrogen-bond donors (Lipinski definition) is 3. The van der Waals surface area contributed by atoms with Crippen LogP contribution in [0.25, 0.3) is 0 Å². The van der Waals surface area contributed by atoms with Crippen LogP contribution in [0.1, 0.15) is 26.2 Å². The molecule has 0 saturated heterocycles. The largest absolute Gasteiger partial charge is 0.356 e. The smallest absolute Gasteiger partial charge is 0.240 e. The van der Waals surface area contributed by atoms with Crippen molar-refractivity contribution >= 4 is 27.5 Å². The van der Waals surface area contributed by atoms with Gasteiger partial charge in [-0.25, -0.2) is 13.1 Å². The third-order valence-electron chi connectivity index (χ3n) is 3.05. The molecule has 0 spiro atoms. The van der Waals surface area contributed by atoms with E-state index in [-0.39, 0.29) is 35.7 Å². The van der Waals surface area contributed by atoms with Gasteiger partial charge < -0.3 is 10.6 Å². The lowest BCUT2D eigenvalue weighted by Gasteiger charge is -2.09. The molecule has 0 radical (unpaired) electrons. The van der Waals surface area contributed by atoms with Crippen molar-refractivity contribution < 1.29 is 18.0 Å². The second kappa shape index (κ2) is 6.89. The Morgan fingerprint density at radius 2 is 2.00 bits per heavy atom. The fourth-order valence-corrected chi connectivity index (χ4v) is 3.16. The molecule has 1 aliphatic rings. The molecule has 0 aliphatic heterocycles. The third kappa shape index (κ3) is 5.12. The minimum absolute atomic E-state index is 0.0286. The third-order valence-corrected chi connectivity index (χ3v) is 4.57. The van der Waals surface area contributed by atoms with Gasteiger partial charge in [-0.1, -0.05) is 6.07 Å². The van der Waals surface area contributed by atoms with Crippen molar-refractivity contribution in [3.8, 4) is 0 Å². The number of benzene rings is 1. The van der Waals surface area contributed by atoms with Crippen LogP contribution >= 0.6 is 0 Å². The molecule has 0 unspecified atom stereocenters. The summed E-state index contributed by atoms with van der Waals surface area (Å²) in [5, 5.41) is 5.14. The molecular formula is C14H19N3O4S. The monoisotopic (exact) mass is 325 g/mol. The second-order valence-corrected chi connectivity index (χ2v) is 6.92. The van der Waals surface area contributed by atoms with Crippen molar-refractivity contribution in [2.75, 3.05) is 11.9 Å². The van der Waals surface area contributed by atoms with Crippen LogP contribution in [0.3, 0.4) is 0 Å². The van der Waals surface area contributed by atoms with Crippen LogP contribution in [-0.4, -0.2) is 32.8 Å². The van der Waals surface area contributed by atoms with E-state index in [1.807, 2.05) is 0 Å². The van der Waals surface area contributed by atoms with Crippen LogP contribution in [-0.2, 0) is 19.6 Å². The van der Waals surface area contributed by atoms with Gasteiger partial charge in [-0.2, -0.15) is 0 Å². The highest BCUT2D eigenvalue weighted by atomic mass is 32.2. The van der Waals surface area contributed by atoms with Gasteiger partial charge in [0.15, 0.2) is 0 Å². The SMILES string of the molecule is CC(=O)NCCC(=O)Nc1cccc(S(=O)(=O)NC2CC2)c1. The molecule has 0 atom stereocenters. The van der Waals surface area contributed by atoms with E-state index < -0.39 is 10.0 Å². The first kappa shape index (κ1) is 16.4. The number of sulfonamides is 1. The van der Waals surface area contributed by atoms with Gasteiger partial charge in [0, 0.05) is 31.6 Å². The number of amides is 2. The van der Waals surface area contributed by atoms with E-state index >= 15 is 0 Å². The summed E-state index contributed by atoms with van der Waals surface area (Å²) >= 11 is 0. The maximum absolute atomic E-state index is 12.1. The zero-order valence-electron chi connectivity index (χ0n) is 12.3. The van der Waals surface area contributed by atoms with Gasteiger partial charge in [0.1, 0.15) is 0 Å². The molecule has 0 bridgehead atoms. The molecule has 1 aromatic carbocycles. The van der Waals surface area contributed by atoms with Gasteiger partial charge in [0.25, 0.3) is 0 Å². The molecular weight excluding hydrogens is 306 g/mol. The molecule has 7 nitrogen and oxygen atoms in total. The lowest BCUT2D eigenvalue weighted by Crippen LogP contribution is -2.26. The highest BCUT2D eigenvalue weighted by Crippen LogP contribution is 2.23. The maximum Gasteiger partial charge on any atom is 0.240 e. The van der Waals surface area contributed by atoms with E-state index in [0.29, 0.717) is 5.69 Å². The van der Waals surface area contributed by atoms with E-state index in [0.717, 1.165) is 12.8 Å². The summed E-state index contributed by atoms with van der Waals surface area (Å²) in [4.78, 5) is 22.6. The van der Waals surface area contributed by atoms with E-state index in [1.54, 1.807) is 12.1 Å². The van der Waals surface area contributed by atoms with Crippen LogP contribution in [0.5, 0.6) is 0 Å². The first-order chi connectivity index (χ1) is 10.4. The molecule has 2 amide bonds. The molecule has 1 aromatic rings. The van der Waals surface area contributed by atoms with Crippen LogP contribution in [0.15, 0.2) is 29.2 Å². The topological polar surface area (TPSA) is 104 Å². The Morgan fingerprint density at radius 1 is 1.27 bits per heavy atom. The summed E-state index contributed by atoms with van der Waals surface area (Å²) in [5.41, 5.74) is 0.409. The fraction of sp³-hybridized carbons (Fsp3) is 0.429. The van der Waals surface area contributed by atoms with Gasteiger partial charge in [0.2, 0.25) is 21.8 Å². The average Bonchev–Trinajstić information content (AvgIpc) is 3.22. The molecule has 2 rings (SSSR count). The van der Waals surface area contributed by atoms with Gasteiger partial charge in [-0.3, -0.25) is 9.59 Å². The average molecular weight is 325 g/mol. The fourth-order valence-electron chi connectivity index (χ4n) is 1.81. The second-order valence-electron chi connectivity index (χ2n) is 5.20. The summed E-state index contributed by atoms with van der Waals surface area (Å²) in [6, 6.07) is 6.12. The Balaban J connectivity index is 1.96. The van der Waals surface area contributed by atoms with E-state index in [4.69, 9.17) is 0 Å². The molecule has 8 heteroatoms. The number of hydrogen-bond acceptors (Lipinski definition) is 4. The lowest BCUT2D eigenvalue weighted by atomic mass is 10.3. The first-order valence-electron chi connectivity index (χ1n) is 7.03. The minimum Gasteiger partial charge on any atom is -0.356 e. The van der Waals surface area contributed by atoms with Gasteiger partial charge in [0.05, 0.1) is 4.90 Å². The Hall–Kier alpha value is -1.93. The summed E-state index contributed by atoms with van der Waals surface area (Å²) in [6.45, 7) is 1.61. The molecule has 0 aromatic heterocycles. The lowest BCUT2D eigenvalue weighted by molar-refractivity contribution is -0.119. The van der Waals surface area contributed by atoms with Crippen molar-refractivity contribution in [3.63, 3.8) is 0 Å². The highest BCUT2D eigenvalue weighted by molar-refractivity contribution is 7.89. The Bertz CT molecular complexity index is 668. The zero-order chi connectivity index (χ0) is 16.2. The van der Waals surface area contributed by atoms with Crippen LogP contribution < -0.4 is 15.4 Å². The Kier molecular flexibility index (Phi) is 5.15. The van der Waals surface area contributed by atoms with Gasteiger partial charge in [-0.05, 0) is 31.0 Å². The quantitative estimate of drug-likeness (QED) is 0.682.